The third kappa shape index (κ3) is 2.03. The molecule has 0 aromatic rings. The number of carbonyl (C=O) groups is 2. The van der Waals surface area contributed by atoms with Gasteiger partial charge in [0.2, 0.25) is 0 Å². The number of hydrogen-bond acceptors (Lipinski definition) is 3. The lowest BCUT2D eigenvalue weighted by Crippen LogP contribution is -2.30. The molecular formula is C8H12O3. The summed E-state index contributed by atoms with van der Waals surface area (Å²) in [5, 5.41) is 0. The van der Waals surface area contributed by atoms with Crippen LogP contribution in [0.15, 0.2) is 0 Å². The van der Waals surface area contributed by atoms with Crippen LogP contribution in [0.5, 0.6) is 0 Å². The third-order valence-corrected chi connectivity index (χ3v) is 2.12. The van der Waals surface area contributed by atoms with Crippen LogP contribution < -0.4 is 0 Å². The number of carbonyl (C=O) groups excluding carboxylic acids is 2. The second kappa shape index (κ2) is 3.03. The van der Waals surface area contributed by atoms with E-state index in [1.807, 2.05) is 6.92 Å². The average molecular weight is 156 g/mol. The van der Waals surface area contributed by atoms with Crippen molar-refractivity contribution in [2.45, 2.75) is 26.2 Å². The molecule has 1 aliphatic heterocycles. The van der Waals surface area contributed by atoms with Crippen LogP contribution in [-0.2, 0) is 14.3 Å². The molecule has 0 spiro atoms. The lowest BCUT2D eigenvalue weighted by atomic mass is 9.80. The number of cyclic esters (lactones) is 1. The van der Waals surface area contributed by atoms with Gasteiger partial charge in [-0.05, 0) is 11.8 Å². The minimum atomic E-state index is -0.180. The van der Waals surface area contributed by atoms with Gasteiger partial charge in [0.25, 0.3) is 0 Å². The fourth-order valence-electron chi connectivity index (χ4n) is 1.27. The Balaban J connectivity index is 2.54. The Hall–Kier alpha value is -0.860. The Morgan fingerprint density at radius 3 is 3.00 bits per heavy atom. The van der Waals surface area contributed by atoms with E-state index in [0.717, 1.165) is 12.7 Å². The number of aldehydes is 1. The van der Waals surface area contributed by atoms with Gasteiger partial charge < -0.3 is 9.53 Å². The van der Waals surface area contributed by atoms with Gasteiger partial charge in [-0.2, -0.15) is 0 Å². The van der Waals surface area contributed by atoms with Crippen LogP contribution in [-0.4, -0.2) is 18.9 Å². The first-order valence-electron chi connectivity index (χ1n) is 3.76. The summed E-state index contributed by atoms with van der Waals surface area (Å²) in [5.74, 6) is -0.180. The predicted molar refractivity (Wildman–Crippen MR) is 39.0 cm³/mol. The minimum Gasteiger partial charge on any atom is -0.466 e. The topological polar surface area (TPSA) is 43.4 Å². The molecule has 1 atom stereocenters. The molecule has 0 aliphatic carbocycles. The van der Waals surface area contributed by atoms with Crippen LogP contribution in [0, 0.1) is 5.41 Å². The van der Waals surface area contributed by atoms with Crippen molar-refractivity contribution in [3.8, 4) is 0 Å². The highest BCUT2D eigenvalue weighted by Gasteiger charge is 2.31. The van der Waals surface area contributed by atoms with E-state index in [-0.39, 0.29) is 11.4 Å². The molecule has 0 aromatic heterocycles. The Kier molecular flexibility index (Phi) is 2.27. The standard InChI is InChI=1S/C8H12O3/c1-8(2-4-9)3-5-11-7(10)6-8/h4H,2-3,5-6H2,1H3/t8-/m1/s1. The van der Waals surface area contributed by atoms with Gasteiger partial charge in [0.05, 0.1) is 13.0 Å². The summed E-state index contributed by atoms with van der Waals surface area (Å²) in [5.41, 5.74) is -0.142. The summed E-state index contributed by atoms with van der Waals surface area (Å²) in [6.07, 6.45) is 2.52. The van der Waals surface area contributed by atoms with Gasteiger partial charge in [0, 0.05) is 6.42 Å². The van der Waals surface area contributed by atoms with E-state index in [4.69, 9.17) is 4.74 Å². The highest BCUT2D eigenvalue weighted by molar-refractivity contribution is 5.71. The molecule has 1 fully saturated rings. The second-order valence-corrected chi connectivity index (χ2v) is 3.33. The maximum Gasteiger partial charge on any atom is 0.306 e. The van der Waals surface area contributed by atoms with E-state index in [9.17, 15) is 9.59 Å². The smallest absolute Gasteiger partial charge is 0.306 e. The molecule has 0 unspecified atom stereocenters. The molecule has 0 amide bonds. The summed E-state index contributed by atoms with van der Waals surface area (Å²) in [6, 6.07) is 0. The molecule has 3 nitrogen and oxygen atoms in total. The molecule has 1 rings (SSSR count). The molecule has 1 saturated heterocycles. The summed E-state index contributed by atoms with van der Waals surface area (Å²) in [6.45, 7) is 2.41. The lowest BCUT2D eigenvalue weighted by molar-refractivity contribution is -0.152. The van der Waals surface area contributed by atoms with Gasteiger partial charge in [-0.25, -0.2) is 0 Å². The molecule has 0 N–H and O–H groups in total. The van der Waals surface area contributed by atoms with Gasteiger partial charge in [-0.3, -0.25) is 4.79 Å². The van der Waals surface area contributed by atoms with Crippen LogP contribution in [0.4, 0.5) is 0 Å². The summed E-state index contributed by atoms with van der Waals surface area (Å²) >= 11 is 0. The van der Waals surface area contributed by atoms with Gasteiger partial charge in [-0.1, -0.05) is 6.92 Å². The first kappa shape index (κ1) is 8.24. The first-order chi connectivity index (χ1) is 5.16. The molecule has 0 aromatic carbocycles. The number of hydrogen-bond donors (Lipinski definition) is 0. The van der Waals surface area contributed by atoms with E-state index in [1.54, 1.807) is 0 Å². The number of rotatable bonds is 2. The Morgan fingerprint density at radius 2 is 2.45 bits per heavy atom. The number of esters is 1. The maximum absolute atomic E-state index is 10.8. The minimum absolute atomic E-state index is 0.142. The van der Waals surface area contributed by atoms with Crippen molar-refractivity contribution in [1.29, 1.82) is 0 Å². The van der Waals surface area contributed by atoms with E-state index in [1.165, 1.54) is 0 Å². The second-order valence-electron chi connectivity index (χ2n) is 3.33. The molecule has 0 radical (unpaired) electrons. The van der Waals surface area contributed by atoms with Crippen molar-refractivity contribution in [1.82, 2.24) is 0 Å². The van der Waals surface area contributed by atoms with Crippen molar-refractivity contribution >= 4 is 12.3 Å². The van der Waals surface area contributed by atoms with Gasteiger partial charge in [-0.15, -0.1) is 0 Å². The van der Waals surface area contributed by atoms with E-state index in [2.05, 4.69) is 0 Å². The fraction of sp³-hybridized carbons (Fsp3) is 0.750. The van der Waals surface area contributed by atoms with Crippen molar-refractivity contribution in [3.05, 3.63) is 0 Å². The SMILES string of the molecule is C[C@@]1(CC=O)CCOC(=O)C1. The van der Waals surface area contributed by atoms with Crippen molar-refractivity contribution in [2.75, 3.05) is 6.61 Å². The Morgan fingerprint density at radius 1 is 1.73 bits per heavy atom. The zero-order valence-corrected chi connectivity index (χ0v) is 6.63. The Labute approximate surface area is 65.7 Å². The summed E-state index contributed by atoms with van der Waals surface area (Å²) < 4.78 is 4.76. The van der Waals surface area contributed by atoms with Crippen molar-refractivity contribution in [3.63, 3.8) is 0 Å². The fourth-order valence-corrected chi connectivity index (χ4v) is 1.27. The van der Waals surface area contributed by atoms with E-state index in [0.29, 0.717) is 19.4 Å². The molecule has 0 saturated carbocycles. The molecule has 11 heavy (non-hydrogen) atoms. The summed E-state index contributed by atoms with van der Waals surface area (Å²) in [4.78, 5) is 21.0. The zero-order valence-electron chi connectivity index (χ0n) is 6.63. The van der Waals surface area contributed by atoms with Crippen LogP contribution in [0.1, 0.15) is 26.2 Å². The van der Waals surface area contributed by atoms with E-state index < -0.39 is 0 Å². The molecular weight excluding hydrogens is 144 g/mol. The van der Waals surface area contributed by atoms with Crippen LogP contribution in [0.3, 0.4) is 0 Å². The zero-order chi connectivity index (χ0) is 8.32. The van der Waals surface area contributed by atoms with Crippen molar-refractivity contribution in [2.24, 2.45) is 5.41 Å². The van der Waals surface area contributed by atoms with Gasteiger partial charge in [0.15, 0.2) is 0 Å². The Bertz CT molecular complexity index is 176. The summed E-state index contributed by atoms with van der Waals surface area (Å²) in [7, 11) is 0. The van der Waals surface area contributed by atoms with Gasteiger partial charge >= 0.3 is 5.97 Å². The largest absolute Gasteiger partial charge is 0.466 e. The lowest BCUT2D eigenvalue weighted by Gasteiger charge is -2.30. The monoisotopic (exact) mass is 156 g/mol. The molecule has 1 heterocycles. The quantitative estimate of drug-likeness (QED) is 0.441. The third-order valence-electron chi connectivity index (χ3n) is 2.12. The van der Waals surface area contributed by atoms with Crippen LogP contribution in [0.25, 0.3) is 0 Å². The highest BCUT2D eigenvalue weighted by Crippen LogP contribution is 2.32. The molecule has 0 bridgehead atoms. The highest BCUT2D eigenvalue weighted by atomic mass is 16.5. The van der Waals surface area contributed by atoms with Crippen molar-refractivity contribution < 1.29 is 14.3 Å². The van der Waals surface area contributed by atoms with Crippen LogP contribution >= 0.6 is 0 Å². The molecule has 1 aliphatic rings. The number of ether oxygens (including phenoxy) is 1. The maximum atomic E-state index is 10.8. The van der Waals surface area contributed by atoms with E-state index >= 15 is 0 Å². The molecule has 62 valence electrons. The normalized spacial score (nSPS) is 31.2. The first-order valence-corrected chi connectivity index (χ1v) is 3.76. The van der Waals surface area contributed by atoms with Gasteiger partial charge in [0.1, 0.15) is 6.29 Å². The predicted octanol–water partition coefficient (Wildman–Crippen LogP) is 0.919. The van der Waals surface area contributed by atoms with Crippen LogP contribution in [0.2, 0.25) is 0 Å². The molecule has 3 heteroatoms. The average Bonchev–Trinajstić information content (AvgIpc) is 1.86.